The Labute approximate surface area is 162 Å². The molecule has 1 aromatic heterocycles. The Bertz CT molecular complexity index is 1030. The zero-order valence-electron chi connectivity index (χ0n) is 16.4. The van der Waals surface area contributed by atoms with E-state index < -0.39 is 5.97 Å². The standard InChI is InChI=1S/C21H21NO6/c1-24-16-7-6-12(9-17(16)25-2)20-14-11-19(27-4)18(26-3)10-13(14)8-15(22-20)21(23)28-5/h6-11H,1-5H3. The third-order valence-electron chi connectivity index (χ3n) is 4.39. The predicted molar refractivity (Wildman–Crippen MR) is 105 cm³/mol. The molecule has 0 atom stereocenters. The number of nitrogens with zero attached hydrogens (tertiary/aromatic N) is 1. The summed E-state index contributed by atoms with van der Waals surface area (Å²) in [6.07, 6.45) is 0. The van der Waals surface area contributed by atoms with Gasteiger partial charge in [-0.15, -0.1) is 0 Å². The zero-order chi connectivity index (χ0) is 20.3. The molecule has 146 valence electrons. The van der Waals surface area contributed by atoms with Crippen LogP contribution in [-0.2, 0) is 4.74 Å². The van der Waals surface area contributed by atoms with E-state index in [2.05, 4.69) is 4.98 Å². The van der Waals surface area contributed by atoms with Crippen LogP contribution in [0.1, 0.15) is 10.5 Å². The van der Waals surface area contributed by atoms with Crippen LogP contribution in [0.4, 0.5) is 0 Å². The molecular formula is C21H21NO6. The van der Waals surface area contributed by atoms with Crippen LogP contribution in [0.15, 0.2) is 36.4 Å². The minimum absolute atomic E-state index is 0.187. The first-order valence-corrected chi connectivity index (χ1v) is 8.43. The first-order chi connectivity index (χ1) is 13.6. The monoisotopic (exact) mass is 383 g/mol. The van der Waals surface area contributed by atoms with Crippen molar-refractivity contribution in [2.45, 2.75) is 0 Å². The third-order valence-corrected chi connectivity index (χ3v) is 4.39. The third kappa shape index (κ3) is 3.38. The van der Waals surface area contributed by atoms with E-state index in [4.69, 9.17) is 23.7 Å². The minimum Gasteiger partial charge on any atom is -0.493 e. The summed E-state index contributed by atoms with van der Waals surface area (Å²) in [7, 11) is 7.57. The second-order valence-electron chi connectivity index (χ2n) is 5.85. The molecule has 7 nitrogen and oxygen atoms in total. The van der Waals surface area contributed by atoms with Gasteiger partial charge in [0, 0.05) is 10.9 Å². The summed E-state index contributed by atoms with van der Waals surface area (Å²) in [5.41, 5.74) is 1.52. The molecule has 0 N–H and O–H groups in total. The molecule has 0 unspecified atom stereocenters. The molecule has 0 aliphatic heterocycles. The number of aromatic nitrogens is 1. The lowest BCUT2D eigenvalue weighted by molar-refractivity contribution is 0.0594. The van der Waals surface area contributed by atoms with Crippen LogP contribution in [0.5, 0.6) is 23.0 Å². The number of ether oxygens (including phenoxy) is 5. The Morgan fingerprint density at radius 2 is 1.36 bits per heavy atom. The van der Waals surface area contributed by atoms with Crippen LogP contribution < -0.4 is 18.9 Å². The van der Waals surface area contributed by atoms with Gasteiger partial charge in [0.25, 0.3) is 0 Å². The van der Waals surface area contributed by atoms with Crippen LogP contribution in [-0.4, -0.2) is 46.5 Å². The maximum absolute atomic E-state index is 12.2. The molecule has 0 aliphatic carbocycles. The fourth-order valence-electron chi connectivity index (χ4n) is 2.99. The van der Waals surface area contributed by atoms with E-state index in [0.29, 0.717) is 28.7 Å². The van der Waals surface area contributed by atoms with Gasteiger partial charge in [0.15, 0.2) is 23.0 Å². The van der Waals surface area contributed by atoms with Crippen molar-refractivity contribution < 1.29 is 28.5 Å². The van der Waals surface area contributed by atoms with Crippen molar-refractivity contribution in [3.05, 3.63) is 42.1 Å². The van der Waals surface area contributed by atoms with Gasteiger partial charge in [0.05, 0.1) is 41.2 Å². The van der Waals surface area contributed by atoms with E-state index in [1.165, 1.54) is 7.11 Å². The molecule has 0 spiro atoms. The predicted octanol–water partition coefficient (Wildman–Crippen LogP) is 3.72. The van der Waals surface area contributed by atoms with Crippen molar-refractivity contribution in [1.82, 2.24) is 4.98 Å². The molecule has 0 saturated heterocycles. The Morgan fingerprint density at radius 1 is 0.750 bits per heavy atom. The van der Waals surface area contributed by atoms with Gasteiger partial charge >= 0.3 is 5.97 Å². The number of carbonyl (C=O) groups is 1. The first kappa shape index (κ1) is 19.3. The number of benzene rings is 2. The van der Waals surface area contributed by atoms with Crippen molar-refractivity contribution in [3.8, 4) is 34.3 Å². The molecule has 0 saturated carbocycles. The molecule has 0 radical (unpaired) electrons. The van der Waals surface area contributed by atoms with E-state index in [1.807, 2.05) is 12.1 Å². The SMILES string of the molecule is COC(=O)c1cc2cc(OC)c(OC)cc2c(-c2ccc(OC)c(OC)c2)n1. The van der Waals surface area contributed by atoms with Gasteiger partial charge in [-0.1, -0.05) is 0 Å². The largest absolute Gasteiger partial charge is 0.493 e. The molecule has 1 heterocycles. The summed E-state index contributed by atoms with van der Waals surface area (Å²) in [6, 6.07) is 10.7. The molecule has 28 heavy (non-hydrogen) atoms. The number of hydrogen-bond donors (Lipinski definition) is 0. The van der Waals surface area contributed by atoms with E-state index >= 15 is 0 Å². The number of fused-ring (bicyclic) bond motifs is 1. The van der Waals surface area contributed by atoms with Crippen molar-refractivity contribution in [1.29, 1.82) is 0 Å². The van der Waals surface area contributed by atoms with Gasteiger partial charge in [-0.25, -0.2) is 9.78 Å². The van der Waals surface area contributed by atoms with E-state index in [-0.39, 0.29) is 5.69 Å². The number of rotatable bonds is 6. The van der Waals surface area contributed by atoms with Crippen molar-refractivity contribution in [2.75, 3.05) is 35.5 Å². The van der Waals surface area contributed by atoms with E-state index in [9.17, 15) is 4.79 Å². The summed E-state index contributed by atoms with van der Waals surface area (Å²) in [4.78, 5) is 16.7. The van der Waals surface area contributed by atoms with Crippen molar-refractivity contribution in [2.24, 2.45) is 0 Å². The normalized spacial score (nSPS) is 10.5. The molecule has 3 aromatic rings. The fourth-order valence-corrected chi connectivity index (χ4v) is 2.99. The first-order valence-electron chi connectivity index (χ1n) is 8.43. The topological polar surface area (TPSA) is 76.1 Å². The Hall–Kier alpha value is -3.48. The summed E-state index contributed by atoms with van der Waals surface area (Å²) >= 11 is 0. The Kier molecular flexibility index (Phi) is 5.54. The second kappa shape index (κ2) is 8.04. The summed E-state index contributed by atoms with van der Waals surface area (Å²) in [6.45, 7) is 0. The summed E-state index contributed by atoms with van der Waals surface area (Å²) in [5.74, 6) is 1.73. The number of esters is 1. The Morgan fingerprint density at radius 3 is 1.96 bits per heavy atom. The summed E-state index contributed by atoms with van der Waals surface area (Å²) in [5, 5.41) is 1.55. The average molecular weight is 383 g/mol. The van der Waals surface area contributed by atoms with Crippen molar-refractivity contribution >= 4 is 16.7 Å². The maximum atomic E-state index is 12.2. The van der Waals surface area contributed by atoms with Gasteiger partial charge in [-0.3, -0.25) is 0 Å². The zero-order valence-corrected chi connectivity index (χ0v) is 16.4. The van der Waals surface area contributed by atoms with Crippen LogP contribution in [0, 0.1) is 0 Å². The van der Waals surface area contributed by atoms with Crippen LogP contribution in [0.2, 0.25) is 0 Å². The van der Waals surface area contributed by atoms with Gasteiger partial charge in [0.2, 0.25) is 0 Å². The molecule has 7 heteroatoms. The quantitative estimate of drug-likeness (QED) is 0.601. The molecule has 0 aliphatic rings. The number of methoxy groups -OCH3 is 5. The molecule has 0 amide bonds. The van der Waals surface area contributed by atoms with E-state index in [1.54, 1.807) is 52.7 Å². The van der Waals surface area contributed by atoms with Crippen LogP contribution in [0.3, 0.4) is 0 Å². The van der Waals surface area contributed by atoms with Gasteiger partial charge in [0.1, 0.15) is 5.69 Å². The highest BCUT2D eigenvalue weighted by atomic mass is 16.5. The molecular weight excluding hydrogens is 362 g/mol. The fraction of sp³-hybridized carbons (Fsp3) is 0.238. The second-order valence-corrected chi connectivity index (χ2v) is 5.85. The van der Waals surface area contributed by atoms with Crippen LogP contribution in [0.25, 0.3) is 22.0 Å². The molecule has 2 aromatic carbocycles. The number of carbonyl (C=O) groups excluding carboxylic acids is 1. The lowest BCUT2D eigenvalue weighted by Crippen LogP contribution is -2.06. The highest BCUT2D eigenvalue weighted by Crippen LogP contribution is 2.39. The number of hydrogen-bond acceptors (Lipinski definition) is 7. The smallest absolute Gasteiger partial charge is 0.356 e. The Balaban J connectivity index is 2.34. The maximum Gasteiger partial charge on any atom is 0.356 e. The lowest BCUT2D eigenvalue weighted by atomic mass is 10.0. The lowest BCUT2D eigenvalue weighted by Gasteiger charge is -2.14. The highest BCUT2D eigenvalue weighted by Gasteiger charge is 2.18. The van der Waals surface area contributed by atoms with Gasteiger partial charge in [-0.05, 0) is 41.8 Å². The van der Waals surface area contributed by atoms with Crippen molar-refractivity contribution in [3.63, 3.8) is 0 Å². The summed E-state index contributed by atoms with van der Waals surface area (Å²) < 4.78 is 26.4. The number of pyridine rings is 1. The van der Waals surface area contributed by atoms with Crippen LogP contribution >= 0.6 is 0 Å². The van der Waals surface area contributed by atoms with Gasteiger partial charge in [-0.2, -0.15) is 0 Å². The molecule has 0 bridgehead atoms. The van der Waals surface area contributed by atoms with Gasteiger partial charge < -0.3 is 23.7 Å². The molecule has 0 fully saturated rings. The molecule has 3 rings (SSSR count). The minimum atomic E-state index is -0.529. The highest BCUT2D eigenvalue weighted by molar-refractivity contribution is 6.01. The average Bonchev–Trinajstić information content (AvgIpc) is 2.75. The van der Waals surface area contributed by atoms with E-state index in [0.717, 1.165) is 16.3 Å².